The van der Waals surface area contributed by atoms with Crippen molar-refractivity contribution < 1.29 is 17.9 Å². The van der Waals surface area contributed by atoms with Gasteiger partial charge < -0.3 is 10.6 Å². The van der Waals surface area contributed by atoms with E-state index in [0.29, 0.717) is 34.8 Å². The molecule has 0 aliphatic rings. The fourth-order valence-corrected chi connectivity index (χ4v) is 3.98. The number of hydrogen-bond donors (Lipinski definition) is 2. The Balaban J connectivity index is 4.20. The number of rotatable bonds is 12. The first-order valence-corrected chi connectivity index (χ1v) is 13.0. The van der Waals surface area contributed by atoms with E-state index >= 15 is 0 Å². The van der Waals surface area contributed by atoms with E-state index < -0.39 is 7.40 Å². The molecule has 0 radical (unpaired) electrons. The zero-order valence-electron chi connectivity index (χ0n) is 22.0. The molecule has 0 saturated heterocycles. The first-order chi connectivity index (χ1) is 16.5. The number of alkyl halides is 1. The molecule has 2 N–H and O–H groups in total. The molecule has 0 atom stereocenters. The largest absolute Gasteiger partial charge is 0.934 e. The highest BCUT2D eigenvalue weighted by atomic mass is 79.9. The molecular weight excluding hydrogens is 511 g/mol. The van der Waals surface area contributed by atoms with Crippen LogP contribution in [0.25, 0.3) is 5.57 Å². The van der Waals surface area contributed by atoms with Crippen LogP contribution >= 0.6 is 15.9 Å². The first-order valence-electron chi connectivity index (χ1n) is 11.9. The fourth-order valence-electron chi connectivity index (χ4n) is 3.84. The Morgan fingerprint density at radius 1 is 1.11 bits per heavy atom. The third-order valence-corrected chi connectivity index (χ3v) is 5.77. The Labute approximate surface area is 218 Å². The minimum atomic E-state index is -2.72. The van der Waals surface area contributed by atoms with Crippen molar-refractivity contribution in [2.45, 2.75) is 67.7 Å². The van der Waals surface area contributed by atoms with Crippen molar-refractivity contribution in [1.82, 2.24) is 5.32 Å². The smallest absolute Gasteiger partial charge is 0.359 e. The van der Waals surface area contributed by atoms with Gasteiger partial charge in [0.05, 0.1) is 16.6 Å². The van der Waals surface area contributed by atoms with E-state index in [1.54, 1.807) is 26.0 Å². The van der Waals surface area contributed by atoms with E-state index in [1.807, 2.05) is 45.9 Å². The van der Waals surface area contributed by atoms with Gasteiger partial charge in [0.25, 0.3) is 0 Å². The van der Waals surface area contributed by atoms with Crippen molar-refractivity contribution in [2.24, 2.45) is 0 Å². The molecule has 35 heavy (non-hydrogen) atoms. The lowest BCUT2D eigenvalue weighted by molar-refractivity contribution is -0.348. The maximum absolute atomic E-state index is 14.5. The number of amides is 1. The molecule has 0 unspecified atom stereocenters. The van der Waals surface area contributed by atoms with Crippen molar-refractivity contribution in [3.8, 4) is 0 Å². The van der Waals surface area contributed by atoms with E-state index in [1.165, 1.54) is 0 Å². The molecule has 0 heterocycles. The van der Waals surface area contributed by atoms with Crippen molar-refractivity contribution in [3.63, 3.8) is 0 Å². The number of nitrogens with zero attached hydrogens (tertiary/aromatic N) is 1. The Hall–Kier alpha value is -2.48. The Kier molecular flexibility index (Phi) is 12.9. The van der Waals surface area contributed by atoms with Crippen LogP contribution in [0.15, 0.2) is 65.2 Å². The summed E-state index contributed by atoms with van der Waals surface area (Å²) >= 11 is 3.15. The Morgan fingerprint density at radius 2 is 1.71 bits per heavy atom. The van der Waals surface area contributed by atoms with Crippen LogP contribution in [0.2, 0.25) is 0 Å². The molecular formula is C27H38BBrF2N3O+. The average molecular weight is 549 g/mol. The van der Waals surface area contributed by atoms with Crippen molar-refractivity contribution in [2.75, 3.05) is 10.6 Å². The first kappa shape index (κ1) is 30.6. The lowest BCUT2D eigenvalue weighted by Gasteiger charge is -2.22. The number of allylic oxidation sites excluding steroid dienone is 5. The van der Waals surface area contributed by atoms with Gasteiger partial charge in [-0.15, -0.1) is 0 Å². The van der Waals surface area contributed by atoms with Crippen LogP contribution in [0.4, 0.5) is 14.3 Å². The number of carbonyl (C=O) groups is 1. The van der Waals surface area contributed by atoms with Gasteiger partial charge in [0.15, 0.2) is 5.70 Å². The van der Waals surface area contributed by atoms with E-state index in [2.05, 4.69) is 40.1 Å². The molecule has 190 valence electrons. The summed E-state index contributed by atoms with van der Waals surface area (Å²) in [7, 11) is -2.72. The van der Waals surface area contributed by atoms with Crippen LogP contribution in [0.1, 0.15) is 73.3 Å². The summed E-state index contributed by atoms with van der Waals surface area (Å²) in [5.41, 5.74) is 6.27. The van der Waals surface area contributed by atoms with Crippen LogP contribution in [0.3, 0.4) is 0 Å². The number of benzene rings is 1. The molecule has 1 rings (SSSR count). The third kappa shape index (κ3) is 8.91. The molecule has 0 spiro atoms. The summed E-state index contributed by atoms with van der Waals surface area (Å²) < 4.78 is 30.2. The molecule has 1 aromatic carbocycles. The lowest BCUT2D eigenvalue weighted by atomic mass is 9.90. The molecule has 0 fully saturated rings. The number of carbonyl (C=O) groups excluding carboxylic acids is 1. The second-order valence-electron chi connectivity index (χ2n) is 8.68. The summed E-state index contributed by atoms with van der Waals surface area (Å²) in [6, 6.07) is 7.28. The molecule has 1 amide bonds. The van der Waals surface area contributed by atoms with E-state index in [0.717, 1.165) is 39.7 Å². The van der Waals surface area contributed by atoms with Gasteiger partial charge in [-0.2, -0.15) is 0 Å². The normalized spacial score (nSPS) is 12.9. The highest BCUT2D eigenvalue weighted by molar-refractivity contribution is 9.09. The van der Waals surface area contributed by atoms with Crippen molar-refractivity contribution >= 4 is 46.2 Å². The molecule has 0 aliphatic carbocycles. The maximum Gasteiger partial charge on any atom is 0.934 e. The van der Waals surface area contributed by atoms with Gasteiger partial charge in [0, 0.05) is 30.8 Å². The monoisotopic (exact) mass is 548 g/mol. The molecule has 8 heteroatoms. The fraction of sp³-hybridized carbons (Fsp3) is 0.407. The molecule has 0 saturated carbocycles. The van der Waals surface area contributed by atoms with Gasteiger partial charge in [-0.05, 0) is 56.9 Å². The Bertz CT molecular complexity index is 1040. The van der Waals surface area contributed by atoms with Gasteiger partial charge >= 0.3 is 7.40 Å². The molecule has 1 aromatic rings. The minimum Gasteiger partial charge on any atom is -0.359 e. The molecule has 4 nitrogen and oxygen atoms in total. The van der Waals surface area contributed by atoms with E-state index in [9.17, 15) is 13.4 Å². The number of halogens is 3. The highest BCUT2D eigenvalue weighted by Gasteiger charge is 2.41. The van der Waals surface area contributed by atoms with Gasteiger partial charge in [-0.3, -0.25) is 4.79 Å². The summed E-state index contributed by atoms with van der Waals surface area (Å²) in [6.45, 7) is 17.2. The SMILES string of the molecule is C=C(C)NC(=C(/C)CCC)/C(=C(/C(C)=C/CC)[N+](B(F)F)=C(C)C)c1ccc(NC(=O)CBr)cc1. The van der Waals surface area contributed by atoms with Gasteiger partial charge in [0.2, 0.25) is 5.91 Å². The second-order valence-corrected chi connectivity index (χ2v) is 9.24. The zero-order chi connectivity index (χ0) is 26.7. The number of anilines is 1. The molecule has 0 bridgehead atoms. The van der Waals surface area contributed by atoms with Crippen LogP contribution in [0, 0.1) is 0 Å². The van der Waals surface area contributed by atoms with Gasteiger partial charge in [-0.25, -0.2) is 13.1 Å². The van der Waals surface area contributed by atoms with Crippen LogP contribution in [-0.2, 0) is 4.79 Å². The predicted molar refractivity (Wildman–Crippen MR) is 150 cm³/mol. The van der Waals surface area contributed by atoms with Crippen molar-refractivity contribution in [3.05, 3.63) is 70.7 Å². The quantitative estimate of drug-likeness (QED) is 0.122. The third-order valence-electron chi connectivity index (χ3n) is 5.26. The van der Waals surface area contributed by atoms with Crippen LogP contribution in [-0.4, -0.2) is 28.8 Å². The van der Waals surface area contributed by atoms with Crippen molar-refractivity contribution in [1.29, 1.82) is 0 Å². The molecule has 0 aromatic heterocycles. The van der Waals surface area contributed by atoms with Gasteiger partial charge in [0.1, 0.15) is 5.71 Å². The number of nitrogens with one attached hydrogen (secondary N) is 2. The highest BCUT2D eigenvalue weighted by Crippen LogP contribution is 2.34. The minimum absolute atomic E-state index is 0.167. The number of hydrogen-bond acceptors (Lipinski definition) is 2. The standard InChI is InChI=1S/C27H37BBrF2N3O/c1-9-11-20(7)26(32-18(3)4)25(22-13-15-23(16-14-22)33-24(35)17-29)27(21(8)12-10-2)34(19(5)6)28(30)31/h12-16,32H,3,9-11,17H2,1-2,4-8H3/p+1/b21-12+,26-20-,27-25-. The summed E-state index contributed by atoms with van der Waals surface area (Å²) in [5.74, 6) is -0.167. The lowest BCUT2D eigenvalue weighted by Crippen LogP contribution is -2.29. The Morgan fingerprint density at radius 3 is 2.14 bits per heavy atom. The van der Waals surface area contributed by atoms with Crippen LogP contribution in [0.5, 0.6) is 0 Å². The summed E-state index contributed by atoms with van der Waals surface area (Å²) in [5, 5.41) is 6.36. The molecule has 0 aliphatic heterocycles. The van der Waals surface area contributed by atoms with Crippen LogP contribution < -0.4 is 10.6 Å². The van der Waals surface area contributed by atoms with Gasteiger partial charge in [-0.1, -0.05) is 61.0 Å². The predicted octanol–water partition coefficient (Wildman–Crippen LogP) is 7.70. The zero-order valence-corrected chi connectivity index (χ0v) is 23.6. The topological polar surface area (TPSA) is 44.1 Å². The summed E-state index contributed by atoms with van der Waals surface area (Å²) in [6.07, 6.45) is 4.38. The van der Waals surface area contributed by atoms with E-state index in [4.69, 9.17) is 0 Å². The maximum atomic E-state index is 14.5. The second kappa shape index (κ2) is 14.8. The average Bonchev–Trinajstić information content (AvgIpc) is 2.78. The summed E-state index contributed by atoms with van der Waals surface area (Å²) in [4.78, 5) is 11.8. The van der Waals surface area contributed by atoms with E-state index in [-0.39, 0.29) is 11.2 Å².